The van der Waals surface area contributed by atoms with Gasteiger partial charge in [-0.25, -0.2) is 9.59 Å². The summed E-state index contributed by atoms with van der Waals surface area (Å²) < 4.78 is 19.2. The van der Waals surface area contributed by atoms with Gasteiger partial charge in [-0.15, -0.1) is 0 Å². The molecule has 0 saturated carbocycles. The van der Waals surface area contributed by atoms with E-state index in [1.54, 1.807) is 84.9 Å². The number of nitrogens with one attached hydrogen (secondary N) is 2. The third-order valence-electron chi connectivity index (χ3n) is 6.43. The average Bonchev–Trinajstić information content (AvgIpc) is 2.96. The highest BCUT2D eigenvalue weighted by molar-refractivity contribution is 7.58. The first-order valence-electron chi connectivity index (χ1n) is 13.1. The first-order valence-corrected chi connectivity index (χ1v) is 15.1. The van der Waals surface area contributed by atoms with Crippen LogP contribution in [0.5, 0.6) is 0 Å². The van der Waals surface area contributed by atoms with Gasteiger partial charge < -0.3 is 30.5 Å². The van der Waals surface area contributed by atoms with E-state index in [9.17, 15) is 33.7 Å². The standard InChI is InChI=1S/C30H33N2O9P/c33-27(34)18-25(29(36)37)31-28(35)24(16-21-10-4-1-5-11-21)20-42(39,40)26(17-22-12-6-2-7-13-22)32-30(38)41-19-23-14-8-3-9-15-23/h1-15,24-26H,16-20H2,(H,31,35)(H,32,38)(H,33,34)(H,36,37)(H,39,40)/t24?,25?,26-/m1/s1. The fourth-order valence-corrected chi connectivity index (χ4v) is 6.26. The van der Waals surface area contributed by atoms with E-state index in [0.29, 0.717) is 16.7 Å². The molecule has 5 N–H and O–H groups in total. The van der Waals surface area contributed by atoms with Crippen molar-refractivity contribution in [1.29, 1.82) is 0 Å². The third-order valence-corrected chi connectivity index (χ3v) is 8.68. The molecule has 3 rings (SSSR count). The van der Waals surface area contributed by atoms with Crippen molar-refractivity contribution in [3.05, 3.63) is 108 Å². The zero-order valence-electron chi connectivity index (χ0n) is 22.7. The van der Waals surface area contributed by atoms with E-state index in [0.717, 1.165) is 0 Å². The average molecular weight is 597 g/mol. The molecule has 12 heteroatoms. The predicted molar refractivity (Wildman–Crippen MR) is 154 cm³/mol. The summed E-state index contributed by atoms with van der Waals surface area (Å²) in [5, 5.41) is 23.2. The van der Waals surface area contributed by atoms with Crippen molar-refractivity contribution in [2.24, 2.45) is 5.92 Å². The number of aliphatic carboxylic acids is 2. The lowest BCUT2D eigenvalue weighted by atomic mass is 9.99. The Labute approximate surface area is 243 Å². The molecule has 0 radical (unpaired) electrons. The number of carboxylic acids is 2. The fourth-order valence-electron chi connectivity index (χ4n) is 4.28. The van der Waals surface area contributed by atoms with Gasteiger partial charge >= 0.3 is 18.0 Å². The van der Waals surface area contributed by atoms with Crippen molar-refractivity contribution in [1.82, 2.24) is 10.6 Å². The number of alkyl carbamates (subject to hydrolysis) is 1. The number of hydrogen-bond donors (Lipinski definition) is 5. The molecule has 0 aliphatic rings. The maximum Gasteiger partial charge on any atom is 0.408 e. The summed E-state index contributed by atoms with van der Waals surface area (Å²) >= 11 is 0. The summed E-state index contributed by atoms with van der Waals surface area (Å²) in [6.45, 7) is -0.0698. The lowest BCUT2D eigenvalue weighted by Crippen LogP contribution is -2.46. The summed E-state index contributed by atoms with van der Waals surface area (Å²) in [7, 11) is -4.40. The Morgan fingerprint density at radius 3 is 1.74 bits per heavy atom. The van der Waals surface area contributed by atoms with Crippen LogP contribution in [0.1, 0.15) is 23.1 Å². The lowest BCUT2D eigenvalue weighted by molar-refractivity contribution is -0.147. The first-order chi connectivity index (χ1) is 20.0. The van der Waals surface area contributed by atoms with Gasteiger partial charge in [0, 0.05) is 12.6 Å². The molecule has 0 saturated heterocycles. The van der Waals surface area contributed by atoms with Gasteiger partial charge in [0.15, 0.2) is 0 Å². The Balaban J connectivity index is 1.85. The molecule has 0 bridgehead atoms. The zero-order chi connectivity index (χ0) is 30.5. The zero-order valence-corrected chi connectivity index (χ0v) is 23.6. The highest BCUT2D eigenvalue weighted by Gasteiger charge is 2.38. The van der Waals surface area contributed by atoms with E-state index in [4.69, 9.17) is 9.84 Å². The molecule has 0 aliphatic carbocycles. The Morgan fingerprint density at radius 1 is 0.738 bits per heavy atom. The summed E-state index contributed by atoms with van der Waals surface area (Å²) in [6.07, 6.45) is -2.51. The van der Waals surface area contributed by atoms with E-state index in [1.165, 1.54) is 0 Å². The van der Waals surface area contributed by atoms with Crippen LogP contribution in [0.2, 0.25) is 0 Å². The monoisotopic (exact) mass is 596 g/mol. The van der Waals surface area contributed by atoms with Gasteiger partial charge in [0.05, 0.1) is 12.3 Å². The maximum absolute atomic E-state index is 13.9. The molecule has 4 atom stereocenters. The molecule has 42 heavy (non-hydrogen) atoms. The SMILES string of the molecule is O=C(O)CC(NC(=O)C(Cc1ccccc1)CP(=O)(O)[C@H](Cc1ccccc1)NC(=O)OCc1ccccc1)C(=O)O. The van der Waals surface area contributed by atoms with Crippen molar-refractivity contribution < 1.29 is 43.6 Å². The van der Waals surface area contributed by atoms with Crippen LogP contribution in [0.15, 0.2) is 91.0 Å². The highest BCUT2D eigenvalue weighted by Crippen LogP contribution is 2.48. The molecule has 0 spiro atoms. The molecule has 222 valence electrons. The summed E-state index contributed by atoms with van der Waals surface area (Å²) in [4.78, 5) is 60.1. The quantitative estimate of drug-likeness (QED) is 0.164. The summed E-state index contributed by atoms with van der Waals surface area (Å²) in [5.41, 5.74) is 2.00. The van der Waals surface area contributed by atoms with Crippen LogP contribution in [0.3, 0.4) is 0 Å². The number of benzene rings is 3. The van der Waals surface area contributed by atoms with Gasteiger partial charge in [-0.3, -0.25) is 14.2 Å². The van der Waals surface area contributed by atoms with E-state index >= 15 is 0 Å². The van der Waals surface area contributed by atoms with Crippen LogP contribution >= 0.6 is 7.37 Å². The van der Waals surface area contributed by atoms with Gasteiger partial charge in [-0.1, -0.05) is 91.0 Å². The van der Waals surface area contributed by atoms with Gasteiger partial charge in [0.25, 0.3) is 0 Å². The van der Waals surface area contributed by atoms with Crippen molar-refractivity contribution in [3.63, 3.8) is 0 Å². The second-order valence-electron chi connectivity index (χ2n) is 9.73. The number of carboxylic acid groups (broad SMARTS) is 2. The largest absolute Gasteiger partial charge is 0.481 e. The number of carbonyl (C=O) groups is 4. The van der Waals surface area contributed by atoms with Crippen molar-refractivity contribution in [2.45, 2.75) is 37.7 Å². The van der Waals surface area contributed by atoms with Gasteiger partial charge in [-0.05, 0) is 23.1 Å². The lowest BCUT2D eigenvalue weighted by Gasteiger charge is -2.28. The second-order valence-corrected chi connectivity index (χ2v) is 12.2. The molecule has 11 nitrogen and oxygen atoms in total. The van der Waals surface area contributed by atoms with Crippen LogP contribution in [-0.2, 0) is 43.1 Å². The van der Waals surface area contributed by atoms with Gasteiger partial charge in [0.1, 0.15) is 18.4 Å². The number of ether oxygens (including phenoxy) is 1. The van der Waals surface area contributed by atoms with Crippen LogP contribution in [0, 0.1) is 5.92 Å². The van der Waals surface area contributed by atoms with Crippen molar-refractivity contribution in [2.75, 3.05) is 6.16 Å². The molecule has 3 aromatic carbocycles. The summed E-state index contributed by atoms with van der Waals surface area (Å²) in [6, 6.07) is 24.4. The van der Waals surface area contributed by atoms with Gasteiger partial charge in [0.2, 0.25) is 13.3 Å². The highest BCUT2D eigenvalue weighted by atomic mass is 31.2. The Kier molecular flexibility index (Phi) is 11.8. The maximum atomic E-state index is 13.9. The van der Waals surface area contributed by atoms with Crippen LogP contribution in [0.25, 0.3) is 0 Å². The van der Waals surface area contributed by atoms with E-state index in [-0.39, 0.29) is 19.4 Å². The Hall–Kier alpha value is -4.47. The molecule has 3 aromatic rings. The van der Waals surface area contributed by atoms with E-state index < -0.39 is 61.6 Å². The minimum atomic E-state index is -4.40. The third kappa shape index (κ3) is 10.5. The normalized spacial score (nSPS) is 14.4. The molecule has 3 unspecified atom stereocenters. The van der Waals surface area contributed by atoms with E-state index in [2.05, 4.69) is 10.6 Å². The van der Waals surface area contributed by atoms with Crippen LogP contribution in [-0.4, -0.2) is 57.0 Å². The van der Waals surface area contributed by atoms with E-state index in [1.807, 2.05) is 6.07 Å². The molecule has 0 fully saturated rings. The number of amides is 2. The molecule has 0 heterocycles. The molecular weight excluding hydrogens is 563 g/mol. The predicted octanol–water partition coefficient (Wildman–Crippen LogP) is 3.66. The van der Waals surface area contributed by atoms with Crippen molar-refractivity contribution >= 4 is 31.3 Å². The number of rotatable bonds is 15. The molecule has 2 amide bonds. The van der Waals surface area contributed by atoms with Gasteiger partial charge in [-0.2, -0.15) is 0 Å². The summed E-state index contributed by atoms with van der Waals surface area (Å²) in [5.74, 6) is -6.45. The minimum absolute atomic E-state index is 0.0346. The van der Waals surface area contributed by atoms with Crippen LogP contribution < -0.4 is 10.6 Å². The molecule has 0 aromatic heterocycles. The van der Waals surface area contributed by atoms with Crippen LogP contribution in [0.4, 0.5) is 4.79 Å². The smallest absolute Gasteiger partial charge is 0.408 e. The fraction of sp³-hybridized carbons (Fsp3) is 0.267. The number of carbonyl (C=O) groups excluding carboxylic acids is 2. The first kappa shape index (κ1) is 32.0. The Morgan fingerprint density at radius 2 is 1.24 bits per heavy atom. The molecule has 0 aliphatic heterocycles. The Bertz CT molecular complexity index is 1390. The minimum Gasteiger partial charge on any atom is -0.481 e. The topological polar surface area (TPSA) is 179 Å². The number of hydrogen-bond acceptors (Lipinski definition) is 6. The second kappa shape index (κ2) is 15.5. The van der Waals surface area contributed by atoms with Crippen molar-refractivity contribution in [3.8, 4) is 0 Å². The molecular formula is C30H33N2O9P.